The van der Waals surface area contributed by atoms with Gasteiger partial charge in [-0.3, -0.25) is 4.99 Å². The number of hydrogen-bond acceptors (Lipinski definition) is 3. The normalized spacial score (nSPS) is 14.1. The van der Waals surface area contributed by atoms with Gasteiger partial charge in [-0.15, -0.1) is 11.3 Å². The lowest BCUT2D eigenvalue weighted by atomic mass is 10.1. The van der Waals surface area contributed by atoms with E-state index >= 15 is 0 Å². The zero-order valence-electron chi connectivity index (χ0n) is 14.3. The minimum Gasteiger partial charge on any atom is -0.486 e. The number of hydrogen-bond donors (Lipinski definition) is 2. The van der Waals surface area contributed by atoms with Crippen LogP contribution in [0.15, 0.2) is 46.8 Å². The van der Waals surface area contributed by atoms with Crippen molar-refractivity contribution in [3.63, 3.8) is 0 Å². The summed E-state index contributed by atoms with van der Waals surface area (Å²) in [6.45, 7) is 5.39. The minimum absolute atomic E-state index is 0.185. The number of benzene rings is 1. The molecule has 0 saturated carbocycles. The van der Waals surface area contributed by atoms with Gasteiger partial charge < -0.3 is 15.4 Å². The topological polar surface area (TPSA) is 45.7 Å². The van der Waals surface area contributed by atoms with E-state index in [4.69, 9.17) is 4.74 Å². The van der Waals surface area contributed by atoms with Crippen LogP contribution in [0.3, 0.4) is 0 Å². The molecule has 2 unspecified atom stereocenters. The van der Waals surface area contributed by atoms with Gasteiger partial charge in [-0.1, -0.05) is 25.1 Å². The van der Waals surface area contributed by atoms with Crippen molar-refractivity contribution in [3.8, 4) is 5.75 Å². The van der Waals surface area contributed by atoms with Crippen LogP contribution in [0.25, 0.3) is 0 Å². The van der Waals surface area contributed by atoms with Crippen molar-refractivity contribution in [2.75, 3.05) is 20.1 Å². The Kier molecular flexibility index (Phi) is 7.06. The van der Waals surface area contributed by atoms with Crippen LogP contribution in [-0.4, -0.2) is 32.2 Å². The fraction of sp³-hybridized carbons (Fsp3) is 0.389. The average molecular weight is 349 g/mol. The van der Waals surface area contributed by atoms with E-state index in [1.807, 2.05) is 6.92 Å². The Hall–Kier alpha value is -2.08. The molecule has 1 aromatic carbocycles. The summed E-state index contributed by atoms with van der Waals surface area (Å²) < 4.78 is 19.2. The largest absolute Gasteiger partial charge is 0.486 e. The molecule has 0 aliphatic carbocycles. The van der Waals surface area contributed by atoms with E-state index in [2.05, 4.69) is 40.1 Å². The average Bonchev–Trinajstić information content (AvgIpc) is 3.11. The van der Waals surface area contributed by atoms with Crippen molar-refractivity contribution >= 4 is 17.3 Å². The second-order valence-electron chi connectivity index (χ2n) is 5.61. The van der Waals surface area contributed by atoms with Crippen molar-refractivity contribution in [1.82, 2.24) is 10.6 Å². The molecule has 0 amide bonds. The number of nitrogens with zero attached hydrogens (tertiary/aromatic N) is 1. The molecule has 2 aromatic rings. The van der Waals surface area contributed by atoms with Gasteiger partial charge in [0.1, 0.15) is 6.10 Å². The molecule has 1 aromatic heterocycles. The van der Waals surface area contributed by atoms with Crippen molar-refractivity contribution in [3.05, 3.63) is 52.5 Å². The number of thiophene rings is 1. The number of halogens is 1. The molecule has 0 radical (unpaired) electrons. The predicted octanol–water partition coefficient (Wildman–Crippen LogP) is 3.62. The molecular weight excluding hydrogens is 325 g/mol. The molecule has 4 nitrogen and oxygen atoms in total. The molecule has 24 heavy (non-hydrogen) atoms. The van der Waals surface area contributed by atoms with Gasteiger partial charge in [-0.25, -0.2) is 4.39 Å². The molecule has 0 spiro atoms. The zero-order valence-corrected chi connectivity index (χ0v) is 15.1. The first-order valence-electron chi connectivity index (χ1n) is 7.99. The van der Waals surface area contributed by atoms with Crippen LogP contribution in [0.2, 0.25) is 0 Å². The first-order valence-corrected chi connectivity index (χ1v) is 8.87. The van der Waals surface area contributed by atoms with Crippen LogP contribution in [0.5, 0.6) is 5.75 Å². The van der Waals surface area contributed by atoms with Gasteiger partial charge in [0.15, 0.2) is 17.5 Å². The van der Waals surface area contributed by atoms with E-state index in [-0.39, 0.29) is 17.7 Å². The lowest BCUT2D eigenvalue weighted by molar-refractivity contribution is 0.214. The third kappa shape index (κ3) is 5.53. The molecule has 0 bridgehead atoms. The molecule has 2 rings (SSSR count). The standard InChI is InChI=1S/C18H24FN3OS/c1-13(17-9-6-10-24-17)11-21-18(20-3)22-12-14(2)23-16-8-5-4-7-15(16)19/h4-10,13-14H,11-12H2,1-3H3,(H2,20,21,22). The summed E-state index contributed by atoms with van der Waals surface area (Å²) in [6.07, 6.45) is -0.185. The fourth-order valence-corrected chi connectivity index (χ4v) is 2.97. The van der Waals surface area contributed by atoms with Gasteiger partial charge in [0, 0.05) is 24.4 Å². The summed E-state index contributed by atoms with van der Waals surface area (Å²) in [6, 6.07) is 10.6. The Morgan fingerprint density at radius 3 is 2.58 bits per heavy atom. The van der Waals surface area contributed by atoms with E-state index in [1.165, 1.54) is 10.9 Å². The molecule has 0 saturated heterocycles. The lowest BCUT2D eigenvalue weighted by Crippen LogP contribution is -2.42. The van der Waals surface area contributed by atoms with Crippen LogP contribution in [-0.2, 0) is 0 Å². The lowest BCUT2D eigenvalue weighted by Gasteiger charge is -2.19. The maximum atomic E-state index is 13.6. The first kappa shape index (κ1) is 18.3. The SMILES string of the molecule is CN=C(NCC(C)Oc1ccccc1F)NCC(C)c1cccs1. The van der Waals surface area contributed by atoms with Gasteiger partial charge in [0.25, 0.3) is 0 Å². The van der Waals surface area contributed by atoms with Crippen molar-refractivity contribution < 1.29 is 9.13 Å². The number of ether oxygens (including phenoxy) is 1. The van der Waals surface area contributed by atoms with Crippen molar-refractivity contribution in [2.45, 2.75) is 25.9 Å². The maximum absolute atomic E-state index is 13.6. The molecule has 1 heterocycles. The smallest absolute Gasteiger partial charge is 0.191 e. The fourth-order valence-electron chi connectivity index (χ4n) is 2.18. The number of rotatable bonds is 7. The Balaban J connectivity index is 1.76. The molecule has 2 atom stereocenters. The van der Waals surface area contributed by atoms with Crippen molar-refractivity contribution in [1.29, 1.82) is 0 Å². The van der Waals surface area contributed by atoms with Crippen LogP contribution in [0.4, 0.5) is 4.39 Å². The van der Waals surface area contributed by atoms with Crippen LogP contribution < -0.4 is 15.4 Å². The summed E-state index contributed by atoms with van der Waals surface area (Å²) in [5.74, 6) is 1.04. The monoisotopic (exact) mass is 349 g/mol. The van der Waals surface area contributed by atoms with Gasteiger partial charge in [-0.2, -0.15) is 0 Å². The third-order valence-electron chi connectivity index (χ3n) is 3.55. The molecule has 130 valence electrons. The molecule has 6 heteroatoms. The second-order valence-corrected chi connectivity index (χ2v) is 6.59. The summed E-state index contributed by atoms with van der Waals surface area (Å²) in [7, 11) is 1.73. The highest BCUT2D eigenvalue weighted by atomic mass is 32.1. The summed E-state index contributed by atoms with van der Waals surface area (Å²) in [4.78, 5) is 5.55. The van der Waals surface area contributed by atoms with Crippen LogP contribution in [0.1, 0.15) is 24.6 Å². The van der Waals surface area contributed by atoms with Crippen LogP contribution >= 0.6 is 11.3 Å². The highest BCUT2D eigenvalue weighted by Gasteiger charge is 2.10. The summed E-state index contributed by atoms with van der Waals surface area (Å²) >= 11 is 1.76. The third-order valence-corrected chi connectivity index (χ3v) is 4.65. The second kappa shape index (κ2) is 9.27. The highest BCUT2D eigenvalue weighted by Crippen LogP contribution is 2.19. The Morgan fingerprint density at radius 2 is 1.92 bits per heavy atom. The first-order chi connectivity index (χ1) is 11.6. The van der Waals surface area contributed by atoms with Gasteiger partial charge in [0.2, 0.25) is 0 Å². The maximum Gasteiger partial charge on any atom is 0.191 e. The van der Waals surface area contributed by atoms with E-state index in [1.54, 1.807) is 36.6 Å². The minimum atomic E-state index is -0.350. The Morgan fingerprint density at radius 1 is 1.17 bits per heavy atom. The quantitative estimate of drug-likeness (QED) is 0.593. The van der Waals surface area contributed by atoms with E-state index < -0.39 is 0 Å². The predicted molar refractivity (Wildman–Crippen MR) is 98.6 cm³/mol. The summed E-state index contributed by atoms with van der Waals surface area (Å²) in [5.41, 5.74) is 0. The van der Waals surface area contributed by atoms with Gasteiger partial charge >= 0.3 is 0 Å². The van der Waals surface area contributed by atoms with E-state index in [0.717, 1.165) is 6.54 Å². The van der Waals surface area contributed by atoms with Crippen LogP contribution in [0, 0.1) is 5.82 Å². The molecule has 0 fully saturated rings. The molecular formula is C18H24FN3OS. The van der Waals surface area contributed by atoms with E-state index in [0.29, 0.717) is 18.4 Å². The van der Waals surface area contributed by atoms with Gasteiger partial charge in [0.05, 0.1) is 6.54 Å². The summed E-state index contributed by atoms with van der Waals surface area (Å²) in [5, 5.41) is 8.59. The van der Waals surface area contributed by atoms with Crippen molar-refractivity contribution in [2.24, 2.45) is 4.99 Å². The number of aliphatic imine (C=N–C) groups is 1. The van der Waals surface area contributed by atoms with E-state index in [9.17, 15) is 4.39 Å². The molecule has 0 aliphatic rings. The Bertz CT molecular complexity index is 645. The number of para-hydroxylation sites is 1. The number of guanidine groups is 1. The number of nitrogens with one attached hydrogen (secondary N) is 2. The zero-order chi connectivity index (χ0) is 17.4. The van der Waals surface area contributed by atoms with Gasteiger partial charge in [-0.05, 0) is 30.5 Å². The molecule has 0 aliphatic heterocycles. The molecule has 2 N–H and O–H groups in total. The highest BCUT2D eigenvalue weighted by molar-refractivity contribution is 7.10. The Labute approximate surface area is 146 Å².